The van der Waals surface area contributed by atoms with Gasteiger partial charge in [0, 0.05) is 23.0 Å². The number of aryl methyl sites for hydroxylation is 1. The van der Waals surface area contributed by atoms with Crippen LogP contribution in [-0.2, 0) is 6.42 Å². The molecule has 2 nitrogen and oxygen atoms in total. The van der Waals surface area contributed by atoms with Gasteiger partial charge in [0.25, 0.3) is 0 Å². The molecule has 2 rings (SSSR count). The number of hydrogen-bond acceptors (Lipinski definition) is 3. The third-order valence-corrected chi connectivity index (χ3v) is 4.48. The highest BCUT2D eigenvalue weighted by Crippen LogP contribution is 2.42. The Balaban J connectivity index is 2.06. The van der Waals surface area contributed by atoms with Crippen LogP contribution in [0, 0.1) is 12.8 Å². The van der Waals surface area contributed by atoms with Gasteiger partial charge in [-0.05, 0) is 26.2 Å². The predicted octanol–water partition coefficient (Wildman–Crippen LogP) is 3.44. The second kappa shape index (κ2) is 4.81. The quantitative estimate of drug-likeness (QED) is 0.900. The van der Waals surface area contributed by atoms with Gasteiger partial charge in [-0.25, -0.2) is 4.98 Å². The first-order valence-corrected chi connectivity index (χ1v) is 6.93. The fourth-order valence-corrected chi connectivity index (χ4v) is 3.55. The van der Waals surface area contributed by atoms with Crippen LogP contribution in [0.5, 0.6) is 0 Å². The average molecular weight is 278 g/mol. The van der Waals surface area contributed by atoms with Crippen LogP contribution in [0.1, 0.15) is 36.4 Å². The molecule has 6 heteroatoms. The largest absolute Gasteiger partial charge is 0.391 e. The summed E-state index contributed by atoms with van der Waals surface area (Å²) in [6.07, 6.45) is -2.24. The Kier molecular flexibility index (Phi) is 3.69. The number of halogens is 3. The smallest absolute Gasteiger partial charge is 0.325 e. The van der Waals surface area contributed by atoms with Gasteiger partial charge in [0.05, 0.1) is 10.9 Å². The highest BCUT2D eigenvalue weighted by molar-refractivity contribution is 7.09. The highest BCUT2D eigenvalue weighted by atomic mass is 32.1. The fourth-order valence-electron chi connectivity index (χ4n) is 2.62. The zero-order valence-electron chi connectivity index (χ0n) is 10.3. The molecule has 1 fully saturated rings. The molecule has 0 bridgehead atoms. The molecule has 0 aromatic carbocycles. The zero-order chi connectivity index (χ0) is 13.4. The summed E-state index contributed by atoms with van der Waals surface area (Å²) in [5.74, 6) is -1.25. The van der Waals surface area contributed by atoms with E-state index in [1.807, 2.05) is 12.3 Å². The molecule has 0 radical (unpaired) electrons. The van der Waals surface area contributed by atoms with E-state index in [1.54, 1.807) is 0 Å². The van der Waals surface area contributed by atoms with Crippen molar-refractivity contribution in [2.24, 2.45) is 11.7 Å². The minimum absolute atomic E-state index is 0.0229. The first-order chi connectivity index (χ1) is 8.28. The van der Waals surface area contributed by atoms with E-state index in [9.17, 15) is 13.2 Å². The van der Waals surface area contributed by atoms with Gasteiger partial charge in [-0.3, -0.25) is 0 Å². The minimum Gasteiger partial charge on any atom is -0.325 e. The average Bonchev–Trinajstić information content (AvgIpc) is 2.62. The van der Waals surface area contributed by atoms with Crippen LogP contribution in [0.4, 0.5) is 13.2 Å². The van der Waals surface area contributed by atoms with E-state index in [4.69, 9.17) is 5.73 Å². The Morgan fingerprint density at radius 2 is 2.28 bits per heavy atom. The van der Waals surface area contributed by atoms with E-state index in [0.717, 1.165) is 10.7 Å². The lowest BCUT2D eigenvalue weighted by Gasteiger charge is -2.38. The van der Waals surface area contributed by atoms with Gasteiger partial charge in [-0.1, -0.05) is 6.42 Å². The molecule has 2 atom stereocenters. The first kappa shape index (κ1) is 13.8. The van der Waals surface area contributed by atoms with E-state index in [-0.39, 0.29) is 12.8 Å². The third-order valence-electron chi connectivity index (χ3n) is 3.51. The van der Waals surface area contributed by atoms with Crippen LogP contribution in [0.25, 0.3) is 0 Å². The van der Waals surface area contributed by atoms with Crippen molar-refractivity contribution < 1.29 is 13.2 Å². The maximum Gasteiger partial charge on any atom is 0.391 e. The van der Waals surface area contributed by atoms with E-state index in [0.29, 0.717) is 19.3 Å². The summed E-state index contributed by atoms with van der Waals surface area (Å²) in [5, 5.41) is 2.75. The van der Waals surface area contributed by atoms with Crippen LogP contribution in [0.2, 0.25) is 0 Å². The van der Waals surface area contributed by atoms with E-state index >= 15 is 0 Å². The number of nitrogens with zero attached hydrogens (tertiary/aromatic N) is 1. The number of thiazole rings is 1. The summed E-state index contributed by atoms with van der Waals surface area (Å²) in [5.41, 5.74) is 6.31. The molecular formula is C12H17F3N2S. The molecule has 0 aliphatic heterocycles. The topological polar surface area (TPSA) is 38.9 Å². The molecule has 2 unspecified atom stereocenters. The number of alkyl halides is 3. The van der Waals surface area contributed by atoms with Crippen molar-refractivity contribution in [1.29, 1.82) is 0 Å². The van der Waals surface area contributed by atoms with Gasteiger partial charge in [-0.15, -0.1) is 11.3 Å². The molecule has 1 aromatic heterocycles. The molecule has 102 valence electrons. The predicted molar refractivity (Wildman–Crippen MR) is 65.5 cm³/mol. The van der Waals surface area contributed by atoms with Crippen LogP contribution in [0.15, 0.2) is 5.38 Å². The monoisotopic (exact) mass is 278 g/mol. The first-order valence-electron chi connectivity index (χ1n) is 6.05. The molecule has 1 saturated carbocycles. The Labute approximate surface area is 108 Å². The Hall–Kier alpha value is -0.620. The highest BCUT2D eigenvalue weighted by Gasteiger charge is 2.46. The molecule has 0 amide bonds. The molecule has 1 aliphatic carbocycles. The van der Waals surface area contributed by atoms with Crippen molar-refractivity contribution in [3.63, 3.8) is 0 Å². The lowest BCUT2D eigenvalue weighted by molar-refractivity contribution is -0.187. The van der Waals surface area contributed by atoms with Crippen molar-refractivity contribution in [3.05, 3.63) is 16.1 Å². The van der Waals surface area contributed by atoms with Gasteiger partial charge in [-0.2, -0.15) is 13.2 Å². The molecule has 18 heavy (non-hydrogen) atoms. The molecule has 0 saturated heterocycles. The Morgan fingerprint density at radius 3 is 2.83 bits per heavy atom. The standard InChI is InChI=1S/C12H17F3N2S/c1-8-7-18-10(17-8)6-11(16)4-2-3-9(5-11)12(13,14)15/h7,9H,2-6,16H2,1H3. The van der Waals surface area contributed by atoms with Gasteiger partial charge in [0.1, 0.15) is 0 Å². The van der Waals surface area contributed by atoms with E-state index in [1.165, 1.54) is 11.3 Å². The van der Waals surface area contributed by atoms with Crippen LogP contribution < -0.4 is 5.73 Å². The molecule has 1 aromatic rings. The fraction of sp³-hybridized carbons (Fsp3) is 0.750. The minimum atomic E-state index is -4.12. The van der Waals surface area contributed by atoms with E-state index in [2.05, 4.69) is 4.98 Å². The van der Waals surface area contributed by atoms with Gasteiger partial charge in [0.2, 0.25) is 0 Å². The van der Waals surface area contributed by atoms with Crippen molar-refractivity contribution in [1.82, 2.24) is 4.98 Å². The molecule has 1 heterocycles. The second-order valence-corrected chi connectivity index (χ2v) is 6.20. The number of hydrogen-bond donors (Lipinski definition) is 1. The van der Waals surface area contributed by atoms with Crippen molar-refractivity contribution >= 4 is 11.3 Å². The normalized spacial score (nSPS) is 29.5. The Morgan fingerprint density at radius 1 is 1.56 bits per heavy atom. The summed E-state index contributed by atoms with van der Waals surface area (Å²) in [4.78, 5) is 4.29. The summed E-state index contributed by atoms with van der Waals surface area (Å²) in [6.45, 7) is 1.88. The summed E-state index contributed by atoms with van der Waals surface area (Å²) in [6, 6.07) is 0. The number of rotatable bonds is 2. The SMILES string of the molecule is Cc1csc(CC2(N)CCCC(C(F)(F)F)C2)n1. The summed E-state index contributed by atoms with van der Waals surface area (Å²) < 4.78 is 38.3. The summed E-state index contributed by atoms with van der Waals surface area (Å²) >= 11 is 1.48. The lowest BCUT2D eigenvalue weighted by Crippen LogP contribution is -2.48. The third kappa shape index (κ3) is 3.23. The van der Waals surface area contributed by atoms with Crippen LogP contribution in [-0.4, -0.2) is 16.7 Å². The molecule has 2 N–H and O–H groups in total. The number of nitrogens with two attached hydrogens (primary N) is 1. The zero-order valence-corrected chi connectivity index (χ0v) is 11.1. The maximum atomic E-state index is 12.8. The molecule has 0 spiro atoms. The number of aromatic nitrogens is 1. The van der Waals surface area contributed by atoms with Crippen molar-refractivity contribution in [2.45, 2.75) is 50.7 Å². The van der Waals surface area contributed by atoms with Gasteiger partial charge < -0.3 is 5.73 Å². The second-order valence-electron chi connectivity index (χ2n) is 5.26. The summed E-state index contributed by atoms with van der Waals surface area (Å²) in [7, 11) is 0. The van der Waals surface area contributed by atoms with Crippen LogP contribution >= 0.6 is 11.3 Å². The molecular weight excluding hydrogens is 261 g/mol. The lowest BCUT2D eigenvalue weighted by atomic mass is 9.74. The maximum absolute atomic E-state index is 12.8. The van der Waals surface area contributed by atoms with Crippen molar-refractivity contribution in [3.8, 4) is 0 Å². The molecule has 1 aliphatic rings. The van der Waals surface area contributed by atoms with E-state index < -0.39 is 17.6 Å². The Bertz CT molecular complexity index is 416. The van der Waals surface area contributed by atoms with Crippen molar-refractivity contribution in [2.75, 3.05) is 0 Å². The van der Waals surface area contributed by atoms with Gasteiger partial charge in [0.15, 0.2) is 0 Å². The van der Waals surface area contributed by atoms with Gasteiger partial charge >= 0.3 is 6.18 Å². The van der Waals surface area contributed by atoms with Crippen LogP contribution in [0.3, 0.4) is 0 Å².